The van der Waals surface area contributed by atoms with Crippen LogP contribution in [-0.4, -0.2) is 9.97 Å². The van der Waals surface area contributed by atoms with Crippen LogP contribution in [0.2, 0.25) is 5.02 Å². The van der Waals surface area contributed by atoms with Gasteiger partial charge >= 0.3 is 0 Å². The van der Waals surface area contributed by atoms with Crippen molar-refractivity contribution in [1.29, 1.82) is 0 Å². The van der Waals surface area contributed by atoms with Gasteiger partial charge in [-0.15, -0.1) is 11.3 Å². The molecule has 0 bridgehead atoms. The highest BCUT2D eigenvalue weighted by molar-refractivity contribution is 7.17. The molecule has 0 unspecified atom stereocenters. The number of halogens is 2. The van der Waals surface area contributed by atoms with Crippen molar-refractivity contribution >= 4 is 33.2 Å². The standard InChI is InChI=1S/C19H12ClFN2OS/c20-15-4-2-1-3-13(15)14-10-25-19-17(14)18(24)22-16(23-19)9-11-5-7-12(21)8-6-11/h1-8,10H,9H2,(H,22,23,24). The van der Waals surface area contributed by atoms with Crippen molar-refractivity contribution in [3.05, 3.63) is 86.5 Å². The molecule has 0 saturated heterocycles. The molecule has 0 aliphatic carbocycles. The number of benzene rings is 2. The third kappa shape index (κ3) is 3.08. The largest absolute Gasteiger partial charge is 0.310 e. The van der Waals surface area contributed by atoms with E-state index in [4.69, 9.17) is 11.6 Å². The average Bonchev–Trinajstić information content (AvgIpc) is 3.02. The topological polar surface area (TPSA) is 45.8 Å². The van der Waals surface area contributed by atoms with E-state index in [0.717, 1.165) is 16.7 Å². The van der Waals surface area contributed by atoms with E-state index in [1.807, 2.05) is 23.6 Å². The number of nitrogens with zero attached hydrogens (tertiary/aromatic N) is 1. The smallest absolute Gasteiger partial charge is 0.260 e. The second kappa shape index (κ2) is 6.43. The summed E-state index contributed by atoms with van der Waals surface area (Å²) in [6.07, 6.45) is 0.435. The van der Waals surface area contributed by atoms with Gasteiger partial charge in [0, 0.05) is 28.0 Å². The van der Waals surface area contributed by atoms with Gasteiger partial charge in [-0.3, -0.25) is 4.79 Å². The lowest BCUT2D eigenvalue weighted by Gasteiger charge is -2.04. The Morgan fingerprint density at radius 3 is 2.60 bits per heavy atom. The van der Waals surface area contributed by atoms with Gasteiger partial charge in [0.15, 0.2) is 0 Å². The Labute approximate surface area is 151 Å². The molecule has 0 spiro atoms. The predicted octanol–water partition coefficient (Wildman–Crippen LogP) is 5.03. The summed E-state index contributed by atoms with van der Waals surface area (Å²) >= 11 is 7.67. The van der Waals surface area contributed by atoms with Gasteiger partial charge in [-0.1, -0.05) is 41.9 Å². The number of aromatic amines is 1. The van der Waals surface area contributed by atoms with Gasteiger partial charge in [-0.25, -0.2) is 9.37 Å². The molecule has 0 aliphatic rings. The lowest BCUT2D eigenvalue weighted by molar-refractivity contribution is 0.627. The first kappa shape index (κ1) is 16.0. The van der Waals surface area contributed by atoms with E-state index in [-0.39, 0.29) is 11.4 Å². The van der Waals surface area contributed by atoms with Crippen LogP contribution in [0.15, 0.2) is 58.7 Å². The van der Waals surface area contributed by atoms with Crippen molar-refractivity contribution in [2.45, 2.75) is 6.42 Å². The quantitative estimate of drug-likeness (QED) is 0.549. The fourth-order valence-corrected chi connectivity index (χ4v) is 3.95. The molecular formula is C19H12ClFN2OS. The zero-order valence-electron chi connectivity index (χ0n) is 12.9. The maximum Gasteiger partial charge on any atom is 0.260 e. The van der Waals surface area contributed by atoms with Gasteiger partial charge in [-0.2, -0.15) is 0 Å². The lowest BCUT2D eigenvalue weighted by Crippen LogP contribution is -2.11. The first-order valence-electron chi connectivity index (χ1n) is 7.61. The number of fused-ring (bicyclic) bond motifs is 1. The molecule has 0 saturated carbocycles. The third-order valence-electron chi connectivity index (χ3n) is 3.94. The molecule has 0 aliphatic heterocycles. The highest BCUT2D eigenvalue weighted by atomic mass is 35.5. The number of nitrogens with one attached hydrogen (secondary N) is 1. The van der Waals surface area contributed by atoms with Gasteiger partial charge in [-0.05, 0) is 23.8 Å². The van der Waals surface area contributed by atoms with E-state index in [2.05, 4.69) is 9.97 Å². The van der Waals surface area contributed by atoms with Gasteiger partial charge < -0.3 is 4.98 Å². The molecule has 2 aromatic carbocycles. The van der Waals surface area contributed by atoms with Crippen LogP contribution in [0.5, 0.6) is 0 Å². The first-order chi connectivity index (χ1) is 12.1. The van der Waals surface area contributed by atoms with Gasteiger partial charge in [0.2, 0.25) is 0 Å². The number of thiophene rings is 1. The summed E-state index contributed by atoms with van der Waals surface area (Å²) in [6.45, 7) is 0. The highest BCUT2D eigenvalue weighted by Gasteiger charge is 2.14. The van der Waals surface area contributed by atoms with Gasteiger partial charge in [0.05, 0.1) is 5.39 Å². The normalized spacial score (nSPS) is 11.1. The zero-order chi connectivity index (χ0) is 17.4. The summed E-state index contributed by atoms with van der Waals surface area (Å²) in [4.78, 5) is 20.7. The van der Waals surface area contributed by atoms with E-state index in [9.17, 15) is 9.18 Å². The van der Waals surface area contributed by atoms with Crippen LogP contribution in [0.1, 0.15) is 11.4 Å². The second-order valence-electron chi connectivity index (χ2n) is 5.63. The minimum atomic E-state index is -0.289. The monoisotopic (exact) mass is 370 g/mol. The Hall–Kier alpha value is -2.50. The fourth-order valence-electron chi connectivity index (χ4n) is 2.75. The minimum absolute atomic E-state index is 0.196. The van der Waals surface area contributed by atoms with Crippen molar-refractivity contribution in [3.63, 3.8) is 0 Å². The van der Waals surface area contributed by atoms with Crippen LogP contribution in [0, 0.1) is 5.82 Å². The predicted molar refractivity (Wildman–Crippen MR) is 99.9 cm³/mol. The first-order valence-corrected chi connectivity index (χ1v) is 8.87. The minimum Gasteiger partial charge on any atom is -0.310 e. The third-order valence-corrected chi connectivity index (χ3v) is 5.14. The Kier molecular flexibility index (Phi) is 4.11. The molecule has 6 heteroatoms. The molecule has 0 amide bonds. The van der Waals surface area contributed by atoms with Crippen molar-refractivity contribution < 1.29 is 4.39 Å². The van der Waals surface area contributed by atoms with Crippen molar-refractivity contribution in [2.75, 3.05) is 0 Å². The maximum atomic E-state index is 13.0. The molecule has 2 aromatic heterocycles. The van der Waals surface area contributed by atoms with E-state index in [1.165, 1.54) is 23.5 Å². The van der Waals surface area contributed by atoms with Crippen molar-refractivity contribution in [2.24, 2.45) is 0 Å². The average molecular weight is 371 g/mol. The summed E-state index contributed by atoms with van der Waals surface area (Å²) in [5, 5.41) is 3.04. The summed E-state index contributed by atoms with van der Waals surface area (Å²) in [6, 6.07) is 13.6. The Morgan fingerprint density at radius 1 is 1.08 bits per heavy atom. The number of hydrogen-bond donors (Lipinski definition) is 1. The molecule has 0 fully saturated rings. The van der Waals surface area contributed by atoms with E-state index < -0.39 is 0 Å². The Morgan fingerprint density at radius 2 is 1.84 bits per heavy atom. The van der Waals surface area contributed by atoms with E-state index in [1.54, 1.807) is 18.2 Å². The molecule has 0 radical (unpaired) electrons. The fraction of sp³-hybridized carbons (Fsp3) is 0.0526. The van der Waals surface area contributed by atoms with Gasteiger partial charge in [0.1, 0.15) is 16.5 Å². The molecule has 124 valence electrons. The van der Waals surface area contributed by atoms with Crippen LogP contribution in [0.3, 0.4) is 0 Å². The van der Waals surface area contributed by atoms with Crippen LogP contribution in [0.4, 0.5) is 4.39 Å². The summed E-state index contributed by atoms with van der Waals surface area (Å²) in [5.74, 6) is 0.264. The van der Waals surface area contributed by atoms with Crippen molar-refractivity contribution in [3.8, 4) is 11.1 Å². The molecule has 0 atom stereocenters. The second-order valence-corrected chi connectivity index (χ2v) is 6.89. The molecular weight excluding hydrogens is 359 g/mol. The maximum absolute atomic E-state index is 13.0. The molecule has 1 N–H and O–H groups in total. The number of hydrogen-bond acceptors (Lipinski definition) is 3. The van der Waals surface area contributed by atoms with Crippen LogP contribution >= 0.6 is 22.9 Å². The van der Waals surface area contributed by atoms with E-state index in [0.29, 0.717) is 27.5 Å². The van der Waals surface area contributed by atoms with Crippen LogP contribution in [-0.2, 0) is 6.42 Å². The highest BCUT2D eigenvalue weighted by Crippen LogP contribution is 2.34. The van der Waals surface area contributed by atoms with Crippen LogP contribution in [0.25, 0.3) is 21.3 Å². The number of H-pyrrole nitrogens is 1. The summed E-state index contributed by atoms with van der Waals surface area (Å²) in [5.41, 5.74) is 2.28. The number of aromatic nitrogens is 2. The molecule has 3 nitrogen and oxygen atoms in total. The molecule has 4 aromatic rings. The summed E-state index contributed by atoms with van der Waals surface area (Å²) < 4.78 is 13.0. The van der Waals surface area contributed by atoms with Gasteiger partial charge in [0.25, 0.3) is 5.56 Å². The Bertz CT molecular complexity index is 1120. The van der Waals surface area contributed by atoms with Crippen LogP contribution < -0.4 is 5.56 Å². The molecule has 25 heavy (non-hydrogen) atoms. The lowest BCUT2D eigenvalue weighted by atomic mass is 10.1. The zero-order valence-corrected chi connectivity index (χ0v) is 14.5. The summed E-state index contributed by atoms with van der Waals surface area (Å²) in [7, 11) is 0. The Balaban J connectivity index is 1.78. The SMILES string of the molecule is O=c1[nH]c(Cc2ccc(F)cc2)nc2scc(-c3ccccc3Cl)c12. The number of rotatable bonds is 3. The van der Waals surface area contributed by atoms with Crippen molar-refractivity contribution in [1.82, 2.24) is 9.97 Å². The molecule has 4 rings (SSSR count). The van der Waals surface area contributed by atoms with E-state index >= 15 is 0 Å². The molecule has 2 heterocycles.